The third-order valence-corrected chi connectivity index (χ3v) is 3.93. The fourth-order valence-corrected chi connectivity index (χ4v) is 2.78. The Labute approximate surface area is 134 Å². The van der Waals surface area contributed by atoms with Crippen molar-refractivity contribution in [1.82, 2.24) is 9.55 Å². The third-order valence-electron chi connectivity index (χ3n) is 3.93. The molecule has 0 fully saturated rings. The number of rotatable bonds is 7. The first-order valence-corrected chi connectivity index (χ1v) is 7.64. The van der Waals surface area contributed by atoms with Gasteiger partial charge in [0.1, 0.15) is 11.6 Å². The van der Waals surface area contributed by atoms with Crippen LogP contribution in [0.3, 0.4) is 0 Å². The lowest BCUT2D eigenvalue weighted by atomic mass is 10.1. The van der Waals surface area contributed by atoms with Gasteiger partial charge in [-0.3, -0.25) is 0 Å². The van der Waals surface area contributed by atoms with E-state index >= 15 is 0 Å². The molecule has 6 heteroatoms. The highest BCUT2D eigenvalue weighted by Gasteiger charge is 2.18. The van der Waals surface area contributed by atoms with E-state index in [4.69, 9.17) is 10.5 Å². The SMILES string of the molecule is CCC(CC)n1c(C/C(O)=C/C=N)nc2cc(C(=O)O)ccc21. The molecule has 0 aliphatic rings. The van der Waals surface area contributed by atoms with E-state index in [1.807, 2.05) is 0 Å². The van der Waals surface area contributed by atoms with Crippen molar-refractivity contribution in [1.29, 1.82) is 5.41 Å². The Bertz CT molecular complexity index is 758. The number of benzene rings is 1. The van der Waals surface area contributed by atoms with E-state index in [0.717, 1.165) is 24.6 Å². The lowest BCUT2D eigenvalue weighted by Crippen LogP contribution is -2.12. The molecule has 0 unspecified atom stereocenters. The van der Waals surface area contributed by atoms with Crippen LogP contribution in [0.4, 0.5) is 0 Å². The van der Waals surface area contributed by atoms with Crippen molar-refractivity contribution >= 4 is 23.2 Å². The molecule has 0 aliphatic heterocycles. The zero-order valence-corrected chi connectivity index (χ0v) is 13.3. The van der Waals surface area contributed by atoms with Crippen LogP contribution in [0.15, 0.2) is 30.0 Å². The maximum absolute atomic E-state index is 11.1. The number of fused-ring (bicyclic) bond motifs is 1. The summed E-state index contributed by atoms with van der Waals surface area (Å²) in [4.78, 5) is 15.7. The minimum Gasteiger partial charge on any atom is -0.512 e. The quantitative estimate of drug-likeness (QED) is 0.535. The number of nitrogens with one attached hydrogen (secondary N) is 1. The van der Waals surface area contributed by atoms with Crippen molar-refractivity contribution in [2.75, 3.05) is 0 Å². The third kappa shape index (κ3) is 3.41. The summed E-state index contributed by atoms with van der Waals surface area (Å²) < 4.78 is 2.06. The molecule has 23 heavy (non-hydrogen) atoms. The molecule has 2 rings (SSSR count). The van der Waals surface area contributed by atoms with Gasteiger partial charge in [-0.25, -0.2) is 9.78 Å². The lowest BCUT2D eigenvalue weighted by Gasteiger charge is -2.18. The molecule has 6 nitrogen and oxygen atoms in total. The molecule has 0 atom stereocenters. The van der Waals surface area contributed by atoms with Crippen LogP contribution in [-0.2, 0) is 6.42 Å². The van der Waals surface area contributed by atoms with Crippen LogP contribution in [0.5, 0.6) is 0 Å². The van der Waals surface area contributed by atoms with Gasteiger partial charge in [0.05, 0.1) is 23.0 Å². The molecule has 2 aromatic rings. The van der Waals surface area contributed by atoms with Crippen LogP contribution >= 0.6 is 0 Å². The molecule has 1 heterocycles. The van der Waals surface area contributed by atoms with Gasteiger partial charge in [0, 0.05) is 12.3 Å². The van der Waals surface area contributed by atoms with Gasteiger partial charge in [0.2, 0.25) is 0 Å². The molecule has 0 bridgehead atoms. The highest BCUT2D eigenvalue weighted by atomic mass is 16.4. The predicted octanol–water partition coefficient (Wildman–Crippen LogP) is 3.73. The van der Waals surface area contributed by atoms with E-state index in [0.29, 0.717) is 11.3 Å². The molecule has 0 amide bonds. The zero-order valence-electron chi connectivity index (χ0n) is 13.3. The average molecular weight is 315 g/mol. The van der Waals surface area contributed by atoms with Crippen molar-refractivity contribution in [2.24, 2.45) is 0 Å². The van der Waals surface area contributed by atoms with Gasteiger partial charge in [-0.1, -0.05) is 13.8 Å². The van der Waals surface area contributed by atoms with E-state index in [1.54, 1.807) is 18.2 Å². The monoisotopic (exact) mass is 315 g/mol. The second kappa shape index (κ2) is 7.09. The van der Waals surface area contributed by atoms with Crippen molar-refractivity contribution < 1.29 is 15.0 Å². The van der Waals surface area contributed by atoms with Gasteiger partial charge in [-0.15, -0.1) is 0 Å². The lowest BCUT2D eigenvalue weighted by molar-refractivity contribution is 0.0697. The number of carboxylic acid groups (broad SMARTS) is 1. The number of carboxylic acids is 1. The van der Waals surface area contributed by atoms with Gasteiger partial charge in [-0.2, -0.15) is 0 Å². The molecule has 1 aromatic carbocycles. The van der Waals surface area contributed by atoms with Crippen molar-refractivity contribution in [3.63, 3.8) is 0 Å². The Morgan fingerprint density at radius 3 is 2.61 bits per heavy atom. The summed E-state index contributed by atoms with van der Waals surface area (Å²) in [7, 11) is 0. The minimum absolute atomic E-state index is 0.0565. The highest BCUT2D eigenvalue weighted by molar-refractivity contribution is 5.92. The second-order valence-electron chi connectivity index (χ2n) is 5.38. The second-order valence-corrected chi connectivity index (χ2v) is 5.38. The molecule has 0 saturated carbocycles. The molecule has 1 aromatic heterocycles. The number of carbonyl (C=O) groups is 1. The number of aromatic carboxylic acids is 1. The number of imidazole rings is 1. The molecule has 0 radical (unpaired) electrons. The number of hydrogen-bond donors (Lipinski definition) is 3. The zero-order chi connectivity index (χ0) is 17.0. The van der Waals surface area contributed by atoms with Gasteiger partial charge in [0.15, 0.2) is 0 Å². The number of aromatic nitrogens is 2. The van der Waals surface area contributed by atoms with E-state index in [2.05, 4.69) is 23.4 Å². The Balaban J connectivity index is 2.62. The maximum Gasteiger partial charge on any atom is 0.335 e. The smallest absolute Gasteiger partial charge is 0.335 e. The van der Waals surface area contributed by atoms with Crippen LogP contribution in [-0.4, -0.2) is 31.9 Å². The number of nitrogens with zero attached hydrogens (tertiary/aromatic N) is 2. The molecule has 0 aliphatic carbocycles. The molecular formula is C17H21N3O3. The van der Waals surface area contributed by atoms with E-state index in [-0.39, 0.29) is 23.8 Å². The topological polar surface area (TPSA) is 99.2 Å². The number of allylic oxidation sites excluding steroid dienone is 2. The van der Waals surface area contributed by atoms with Crippen LogP contribution in [0, 0.1) is 5.41 Å². The van der Waals surface area contributed by atoms with E-state index < -0.39 is 5.97 Å². The standard InChI is InChI=1S/C17H21N3O3/c1-3-12(4-2)20-15-6-5-11(17(22)23)9-14(15)19-16(20)10-13(21)7-8-18/h5-9,12,18,21H,3-4,10H2,1-2H3,(H,22,23)/b13-7-,18-8?. The summed E-state index contributed by atoms with van der Waals surface area (Å²) in [6.45, 7) is 4.17. The summed E-state index contributed by atoms with van der Waals surface area (Å²) in [6, 6.07) is 5.11. The van der Waals surface area contributed by atoms with Crippen molar-refractivity contribution in [3.05, 3.63) is 41.4 Å². The molecule has 3 N–H and O–H groups in total. The Morgan fingerprint density at radius 2 is 2.04 bits per heavy atom. The number of aliphatic hydroxyl groups is 1. The molecule has 0 saturated heterocycles. The Kier molecular flexibility index (Phi) is 5.16. The summed E-state index contributed by atoms with van der Waals surface area (Å²) in [5, 5.41) is 26.1. The maximum atomic E-state index is 11.1. The van der Waals surface area contributed by atoms with Crippen molar-refractivity contribution in [2.45, 2.75) is 39.2 Å². The fraction of sp³-hybridized carbons (Fsp3) is 0.353. The molecular weight excluding hydrogens is 294 g/mol. The van der Waals surface area contributed by atoms with Crippen LogP contribution in [0.1, 0.15) is 48.9 Å². The summed E-state index contributed by atoms with van der Waals surface area (Å²) in [5.74, 6) is -0.259. The Morgan fingerprint density at radius 1 is 1.35 bits per heavy atom. The summed E-state index contributed by atoms with van der Waals surface area (Å²) in [5.41, 5.74) is 1.66. The van der Waals surface area contributed by atoms with Gasteiger partial charge in [0.25, 0.3) is 0 Å². The Hall–Kier alpha value is -2.63. The average Bonchev–Trinajstić information content (AvgIpc) is 2.86. The minimum atomic E-state index is -0.989. The van der Waals surface area contributed by atoms with Crippen LogP contribution in [0.2, 0.25) is 0 Å². The van der Waals surface area contributed by atoms with E-state index in [1.165, 1.54) is 6.08 Å². The van der Waals surface area contributed by atoms with Crippen molar-refractivity contribution in [3.8, 4) is 0 Å². The van der Waals surface area contributed by atoms with Gasteiger partial charge in [-0.05, 0) is 37.1 Å². The number of hydrogen-bond acceptors (Lipinski definition) is 4. The largest absolute Gasteiger partial charge is 0.512 e. The highest BCUT2D eigenvalue weighted by Crippen LogP contribution is 2.27. The first-order valence-electron chi connectivity index (χ1n) is 7.64. The van der Waals surface area contributed by atoms with Crippen LogP contribution in [0.25, 0.3) is 11.0 Å². The normalized spacial score (nSPS) is 12.0. The van der Waals surface area contributed by atoms with E-state index in [9.17, 15) is 9.90 Å². The number of aliphatic hydroxyl groups excluding tert-OH is 1. The van der Waals surface area contributed by atoms with Gasteiger partial charge < -0.3 is 20.2 Å². The predicted molar refractivity (Wildman–Crippen MR) is 89.5 cm³/mol. The fourth-order valence-electron chi connectivity index (χ4n) is 2.78. The first-order chi connectivity index (χ1) is 11.0. The molecule has 0 spiro atoms. The summed E-state index contributed by atoms with van der Waals surface area (Å²) >= 11 is 0. The first kappa shape index (κ1) is 16.7. The molecule has 122 valence electrons. The van der Waals surface area contributed by atoms with Crippen LogP contribution < -0.4 is 0 Å². The van der Waals surface area contributed by atoms with Gasteiger partial charge >= 0.3 is 5.97 Å². The summed E-state index contributed by atoms with van der Waals surface area (Å²) in [6.07, 6.45) is 4.37.